The summed E-state index contributed by atoms with van der Waals surface area (Å²) in [7, 11) is 0. The van der Waals surface area contributed by atoms with Crippen molar-refractivity contribution in [1.82, 2.24) is 10.6 Å². The van der Waals surface area contributed by atoms with Gasteiger partial charge in [0.25, 0.3) is 0 Å². The highest BCUT2D eigenvalue weighted by Gasteiger charge is 2.20. The van der Waals surface area contributed by atoms with Gasteiger partial charge >= 0.3 is 0 Å². The Morgan fingerprint density at radius 2 is 2.16 bits per heavy atom. The van der Waals surface area contributed by atoms with E-state index >= 15 is 0 Å². The highest BCUT2D eigenvalue weighted by molar-refractivity contribution is 5.77. The van der Waals surface area contributed by atoms with Crippen molar-refractivity contribution in [3.8, 4) is 5.75 Å². The van der Waals surface area contributed by atoms with E-state index in [1.807, 2.05) is 32.0 Å². The molecule has 1 heterocycles. The smallest absolute Gasteiger partial charge is 0.222 e. The summed E-state index contributed by atoms with van der Waals surface area (Å²) in [6, 6.07) is 8.44. The van der Waals surface area contributed by atoms with Crippen LogP contribution in [0.25, 0.3) is 0 Å². The summed E-state index contributed by atoms with van der Waals surface area (Å²) in [6.07, 6.45) is 0.967. The molecule has 2 N–H and O–H groups in total. The normalized spacial score (nSPS) is 17.7. The van der Waals surface area contributed by atoms with Gasteiger partial charge in [-0.3, -0.25) is 4.79 Å². The fourth-order valence-corrected chi connectivity index (χ4v) is 2.19. The molecule has 0 fully saturated rings. The number of hydrogen-bond acceptors (Lipinski definition) is 3. The first-order valence-electron chi connectivity index (χ1n) is 6.91. The maximum absolute atomic E-state index is 11.4. The molecule has 19 heavy (non-hydrogen) atoms. The molecule has 2 rings (SSSR count). The molecule has 1 aromatic rings. The summed E-state index contributed by atoms with van der Waals surface area (Å²) >= 11 is 0. The van der Waals surface area contributed by atoms with Crippen molar-refractivity contribution in [3.05, 3.63) is 29.8 Å². The summed E-state index contributed by atoms with van der Waals surface area (Å²) in [4.78, 5) is 11.4. The van der Waals surface area contributed by atoms with Crippen LogP contribution in [-0.2, 0) is 4.79 Å². The second-order valence-electron chi connectivity index (χ2n) is 5.13. The van der Waals surface area contributed by atoms with Gasteiger partial charge in [-0.05, 0) is 6.07 Å². The van der Waals surface area contributed by atoms with Crippen molar-refractivity contribution in [3.63, 3.8) is 0 Å². The number of carbonyl (C=O) groups excluding carboxylic acids is 1. The molecule has 4 heteroatoms. The van der Waals surface area contributed by atoms with Gasteiger partial charge in [0.2, 0.25) is 5.91 Å². The molecule has 1 unspecified atom stereocenters. The average Bonchev–Trinajstić information content (AvgIpc) is 2.43. The second-order valence-corrected chi connectivity index (χ2v) is 5.13. The molecule has 4 nitrogen and oxygen atoms in total. The molecule has 1 atom stereocenters. The topological polar surface area (TPSA) is 50.4 Å². The summed E-state index contributed by atoms with van der Waals surface area (Å²) in [5.74, 6) is 1.12. The Balaban J connectivity index is 1.80. The molecule has 104 valence electrons. The summed E-state index contributed by atoms with van der Waals surface area (Å²) < 4.78 is 5.62. The predicted octanol–water partition coefficient (Wildman–Crippen LogP) is 1.87. The fourth-order valence-electron chi connectivity index (χ4n) is 2.19. The third-order valence-electron chi connectivity index (χ3n) is 3.30. The Hall–Kier alpha value is -1.55. The molecule has 0 bridgehead atoms. The van der Waals surface area contributed by atoms with Crippen LogP contribution in [0.1, 0.15) is 31.9 Å². The van der Waals surface area contributed by atoms with E-state index in [4.69, 9.17) is 4.74 Å². The van der Waals surface area contributed by atoms with E-state index in [-0.39, 0.29) is 11.8 Å². The lowest BCUT2D eigenvalue weighted by atomic mass is 10.0. The van der Waals surface area contributed by atoms with Crippen LogP contribution in [0.3, 0.4) is 0 Å². The van der Waals surface area contributed by atoms with E-state index in [0.717, 1.165) is 25.3 Å². The Kier molecular flexibility index (Phi) is 4.80. The van der Waals surface area contributed by atoms with Gasteiger partial charge in [-0.1, -0.05) is 32.0 Å². The van der Waals surface area contributed by atoms with E-state index in [1.165, 1.54) is 5.56 Å². The van der Waals surface area contributed by atoms with Gasteiger partial charge in [-0.2, -0.15) is 0 Å². The molecular weight excluding hydrogens is 240 g/mol. The minimum absolute atomic E-state index is 0.0452. The van der Waals surface area contributed by atoms with Crippen molar-refractivity contribution in [2.45, 2.75) is 26.3 Å². The number of rotatable bonds is 5. The van der Waals surface area contributed by atoms with Crippen LogP contribution in [0.4, 0.5) is 0 Å². The van der Waals surface area contributed by atoms with Crippen LogP contribution in [0.5, 0.6) is 5.75 Å². The Bertz CT molecular complexity index is 432. The molecule has 0 saturated carbocycles. The van der Waals surface area contributed by atoms with Crippen molar-refractivity contribution in [1.29, 1.82) is 0 Å². The zero-order valence-electron chi connectivity index (χ0n) is 11.6. The SMILES string of the molecule is CC(C)C(=O)NCCNC1CCOc2ccccc21. The lowest BCUT2D eigenvalue weighted by molar-refractivity contribution is -0.123. The molecule has 0 spiro atoms. The first-order chi connectivity index (χ1) is 9.18. The minimum atomic E-state index is 0.0452. The van der Waals surface area contributed by atoms with Crippen molar-refractivity contribution in [2.75, 3.05) is 19.7 Å². The van der Waals surface area contributed by atoms with E-state index in [2.05, 4.69) is 16.7 Å². The Morgan fingerprint density at radius 1 is 1.37 bits per heavy atom. The number of benzene rings is 1. The Labute approximate surface area is 114 Å². The number of carbonyl (C=O) groups is 1. The molecule has 1 aromatic carbocycles. The van der Waals surface area contributed by atoms with E-state index < -0.39 is 0 Å². The van der Waals surface area contributed by atoms with Gasteiger partial charge in [-0.25, -0.2) is 0 Å². The standard InChI is InChI=1S/C15H22N2O2/c1-11(2)15(18)17-9-8-16-13-7-10-19-14-6-4-3-5-12(13)14/h3-6,11,13,16H,7-10H2,1-2H3,(H,17,18). The highest BCUT2D eigenvalue weighted by Crippen LogP contribution is 2.31. The molecule has 1 aliphatic rings. The third kappa shape index (κ3) is 3.70. The molecule has 0 aliphatic carbocycles. The number of nitrogens with one attached hydrogen (secondary N) is 2. The summed E-state index contributed by atoms with van der Waals surface area (Å²) in [6.45, 7) is 5.98. The van der Waals surface area contributed by atoms with Crippen molar-refractivity contribution in [2.24, 2.45) is 5.92 Å². The van der Waals surface area contributed by atoms with E-state index in [1.54, 1.807) is 0 Å². The van der Waals surface area contributed by atoms with Gasteiger partial charge in [0, 0.05) is 37.0 Å². The van der Waals surface area contributed by atoms with Crippen LogP contribution < -0.4 is 15.4 Å². The Morgan fingerprint density at radius 3 is 2.95 bits per heavy atom. The molecule has 0 aromatic heterocycles. The monoisotopic (exact) mass is 262 g/mol. The molecule has 0 saturated heterocycles. The fraction of sp³-hybridized carbons (Fsp3) is 0.533. The second kappa shape index (κ2) is 6.57. The third-order valence-corrected chi connectivity index (χ3v) is 3.30. The molecule has 0 radical (unpaired) electrons. The molecule has 1 aliphatic heterocycles. The zero-order valence-corrected chi connectivity index (χ0v) is 11.6. The maximum Gasteiger partial charge on any atom is 0.222 e. The average molecular weight is 262 g/mol. The van der Waals surface area contributed by atoms with Crippen LogP contribution in [0.2, 0.25) is 0 Å². The van der Waals surface area contributed by atoms with Crippen molar-refractivity contribution < 1.29 is 9.53 Å². The van der Waals surface area contributed by atoms with E-state index in [9.17, 15) is 4.79 Å². The molecule has 1 amide bonds. The van der Waals surface area contributed by atoms with Gasteiger partial charge < -0.3 is 15.4 Å². The van der Waals surface area contributed by atoms with Gasteiger partial charge in [-0.15, -0.1) is 0 Å². The number of ether oxygens (including phenoxy) is 1. The van der Waals surface area contributed by atoms with Gasteiger partial charge in [0.15, 0.2) is 0 Å². The number of amides is 1. The lowest BCUT2D eigenvalue weighted by Crippen LogP contribution is -2.36. The van der Waals surface area contributed by atoms with E-state index in [0.29, 0.717) is 12.6 Å². The van der Waals surface area contributed by atoms with Crippen LogP contribution in [-0.4, -0.2) is 25.6 Å². The number of para-hydroxylation sites is 1. The summed E-state index contributed by atoms with van der Waals surface area (Å²) in [5.41, 5.74) is 1.21. The first-order valence-corrected chi connectivity index (χ1v) is 6.91. The number of fused-ring (bicyclic) bond motifs is 1. The van der Waals surface area contributed by atoms with Crippen LogP contribution >= 0.6 is 0 Å². The lowest BCUT2D eigenvalue weighted by Gasteiger charge is -2.26. The summed E-state index contributed by atoms with van der Waals surface area (Å²) in [5, 5.41) is 6.39. The molecular formula is C15H22N2O2. The zero-order chi connectivity index (χ0) is 13.7. The predicted molar refractivity (Wildman–Crippen MR) is 75.1 cm³/mol. The maximum atomic E-state index is 11.4. The van der Waals surface area contributed by atoms with Gasteiger partial charge in [0.05, 0.1) is 6.61 Å². The number of hydrogen-bond donors (Lipinski definition) is 2. The largest absolute Gasteiger partial charge is 0.493 e. The van der Waals surface area contributed by atoms with Gasteiger partial charge in [0.1, 0.15) is 5.75 Å². The van der Waals surface area contributed by atoms with Crippen LogP contribution in [0, 0.1) is 5.92 Å². The van der Waals surface area contributed by atoms with Crippen molar-refractivity contribution >= 4 is 5.91 Å². The quantitative estimate of drug-likeness (QED) is 0.797. The minimum Gasteiger partial charge on any atom is -0.493 e. The van der Waals surface area contributed by atoms with Crippen LogP contribution in [0.15, 0.2) is 24.3 Å². The first kappa shape index (κ1) is 13.9. The highest BCUT2D eigenvalue weighted by atomic mass is 16.5.